The summed E-state index contributed by atoms with van der Waals surface area (Å²) < 4.78 is 27.2. The largest absolute Gasteiger partial charge is 0.312 e. The second-order valence-corrected chi connectivity index (χ2v) is 9.77. The minimum absolute atomic E-state index is 0.145. The van der Waals surface area contributed by atoms with Crippen LogP contribution in [-0.4, -0.2) is 38.3 Å². The van der Waals surface area contributed by atoms with Gasteiger partial charge in [0.1, 0.15) is 4.21 Å². The van der Waals surface area contributed by atoms with Gasteiger partial charge in [0.25, 0.3) is 10.0 Å². The van der Waals surface area contributed by atoms with Crippen molar-refractivity contribution >= 4 is 33.0 Å². The Bertz CT molecular complexity index is 855. The Balaban J connectivity index is 1.49. The van der Waals surface area contributed by atoms with Crippen LogP contribution in [0.1, 0.15) is 19.3 Å². The van der Waals surface area contributed by atoms with Gasteiger partial charge in [-0.3, -0.25) is 4.79 Å². The van der Waals surface area contributed by atoms with Crippen LogP contribution in [0.25, 0.3) is 0 Å². The van der Waals surface area contributed by atoms with E-state index in [0.717, 1.165) is 12.1 Å². The summed E-state index contributed by atoms with van der Waals surface area (Å²) in [6.45, 7) is 1.53. The molecule has 1 spiro atoms. The van der Waals surface area contributed by atoms with Crippen molar-refractivity contribution in [3.05, 3.63) is 47.8 Å². The highest BCUT2D eigenvalue weighted by atomic mass is 32.2. The van der Waals surface area contributed by atoms with Gasteiger partial charge in [0.15, 0.2) is 0 Å². The lowest BCUT2D eigenvalue weighted by molar-refractivity contribution is -0.127. The molecule has 25 heavy (non-hydrogen) atoms. The van der Waals surface area contributed by atoms with E-state index in [1.54, 1.807) is 17.5 Å². The van der Waals surface area contributed by atoms with Crippen molar-refractivity contribution in [2.24, 2.45) is 5.41 Å². The Labute approximate surface area is 151 Å². The number of carbonyl (C=O) groups excluding carboxylic acids is 1. The maximum absolute atomic E-state index is 13.0. The second-order valence-electron chi connectivity index (χ2n) is 6.66. The van der Waals surface area contributed by atoms with Gasteiger partial charge in [0.2, 0.25) is 5.91 Å². The highest BCUT2D eigenvalue weighted by Crippen LogP contribution is 2.44. The molecular weight excluding hydrogens is 356 g/mol. The third-order valence-electron chi connectivity index (χ3n) is 5.35. The average molecular weight is 377 g/mol. The Kier molecular flexibility index (Phi) is 4.17. The molecule has 0 atom stereocenters. The molecule has 3 heterocycles. The summed E-state index contributed by atoms with van der Waals surface area (Å²) in [6.07, 6.45) is 1.99. The number of hydrogen-bond donors (Lipinski definition) is 0. The van der Waals surface area contributed by atoms with Crippen molar-refractivity contribution < 1.29 is 13.2 Å². The summed E-state index contributed by atoms with van der Waals surface area (Å²) in [5.74, 6) is 0.145. The molecule has 0 aliphatic carbocycles. The molecular formula is C18H20N2O3S2. The van der Waals surface area contributed by atoms with Crippen LogP contribution in [0.3, 0.4) is 0 Å². The zero-order chi connectivity index (χ0) is 17.5. The summed E-state index contributed by atoms with van der Waals surface area (Å²) in [6, 6.07) is 13.1. The minimum atomic E-state index is -3.42. The van der Waals surface area contributed by atoms with Gasteiger partial charge in [-0.15, -0.1) is 11.3 Å². The molecule has 2 aliphatic rings. The SMILES string of the molecule is O=C1N(c2ccccc2)CCC12CCN(S(=O)(=O)c1cccs1)CC2. The molecule has 7 heteroatoms. The normalized spacial score (nSPS) is 21.1. The molecule has 4 rings (SSSR count). The van der Waals surface area contributed by atoms with Gasteiger partial charge in [-0.2, -0.15) is 4.31 Å². The monoisotopic (exact) mass is 376 g/mol. The van der Waals surface area contributed by atoms with Crippen LogP contribution in [0.15, 0.2) is 52.1 Å². The zero-order valence-electron chi connectivity index (χ0n) is 13.8. The van der Waals surface area contributed by atoms with Gasteiger partial charge in [0.05, 0.1) is 5.41 Å². The summed E-state index contributed by atoms with van der Waals surface area (Å²) in [4.78, 5) is 14.9. The Morgan fingerprint density at radius 2 is 1.60 bits per heavy atom. The maximum atomic E-state index is 13.0. The van der Waals surface area contributed by atoms with Crippen molar-refractivity contribution in [3.63, 3.8) is 0 Å². The number of piperidine rings is 1. The molecule has 1 amide bonds. The van der Waals surface area contributed by atoms with Crippen molar-refractivity contribution in [3.8, 4) is 0 Å². The first-order valence-electron chi connectivity index (χ1n) is 8.44. The quantitative estimate of drug-likeness (QED) is 0.828. The molecule has 1 aromatic heterocycles. The molecule has 0 N–H and O–H groups in total. The molecule has 5 nitrogen and oxygen atoms in total. The lowest BCUT2D eigenvalue weighted by Gasteiger charge is -2.37. The van der Waals surface area contributed by atoms with E-state index < -0.39 is 15.4 Å². The van der Waals surface area contributed by atoms with E-state index in [0.29, 0.717) is 36.7 Å². The van der Waals surface area contributed by atoms with Crippen LogP contribution in [-0.2, 0) is 14.8 Å². The van der Waals surface area contributed by atoms with Gasteiger partial charge in [-0.05, 0) is 42.8 Å². The summed E-state index contributed by atoms with van der Waals surface area (Å²) in [7, 11) is -3.42. The molecule has 0 bridgehead atoms. The van der Waals surface area contributed by atoms with E-state index >= 15 is 0 Å². The highest BCUT2D eigenvalue weighted by Gasteiger charge is 2.49. The van der Waals surface area contributed by atoms with Gasteiger partial charge >= 0.3 is 0 Å². The predicted molar refractivity (Wildman–Crippen MR) is 98.2 cm³/mol. The molecule has 1 aromatic carbocycles. The smallest absolute Gasteiger partial charge is 0.252 e. The van der Waals surface area contributed by atoms with Crippen LogP contribution in [0.2, 0.25) is 0 Å². The number of thiophene rings is 1. The molecule has 2 saturated heterocycles. The number of hydrogen-bond acceptors (Lipinski definition) is 4. The third-order valence-corrected chi connectivity index (χ3v) is 8.62. The topological polar surface area (TPSA) is 57.7 Å². The fraction of sp³-hybridized carbons (Fsp3) is 0.389. The Morgan fingerprint density at radius 1 is 0.920 bits per heavy atom. The predicted octanol–water partition coefficient (Wildman–Crippen LogP) is 2.96. The molecule has 2 fully saturated rings. The third kappa shape index (κ3) is 2.80. The molecule has 0 saturated carbocycles. The Morgan fingerprint density at radius 3 is 2.24 bits per heavy atom. The average Bonchev–Trinajstić information content (AvgIpc) is 3.27. The standard InChI is InChI=1S/C18H20N2O3S2/c21-17-18(10-13-20(17)15-5-2-1-3-6-15)8-11-19(12-9-18)25(22,23)16-7-4-14-24-16/h1-7,14H,8-13H2. The maximum Gasteiger partial charge on any atom is 0.252 e. The number of carbonyl (C=O) groups is 1. The molecule has 0 unspecified atom stereocenters. The first-order valence-corrected chi connectivity index (χ1v) is 10.8. The lowest BCUT2D eigenvalue weighted by atomic mass is 9.77. The van der Waals surface area contributed by atoms with E-state index in [4.69, 9.17) is 0 Å². The van der Waals surface area contributed by atoms with Gasteiger partial charge in [-0.1, -0.05) is 24.3 Å². The summed E-state index contributed by atoms with van der Waals surface area (Å²) >= 11 is 1.24. The number of amides is 1. The van der Waals surface area contributed by atoms with Crippen molar-refractivity contribution in [2.75, 3.05) is 24.5 Å². The van der Waals surface area contributed by atoms with E-state index in [1.165, 1.54) is 15.6 Å². The van der Waals surface area contributed by atoms with Crippen LogP contribution in [0, 0.1) is 5.41 Å². The number of rotatable bonds is 3. The van der Waals surface area contributed by atoms with E-state index in [2.05, 4.69) is 0 Å². The van der Waals surface area contributed by atoms with Crippen LogP contribution in [0.4, 0.5) is 5.69 Å². The molecule has 2 aromatic rings. The van der Waals surface area contributed by atoms with E-state index in [9.17, 15) is 13.2 Å². The number of sulfonamides is 1. The fourth-order valence-corrected chi connectivity index (χ4v) is 6.42. The number of benzene rings is 1. The summed E-state index contributed by atoms with van der Waals surface area (Å²) in [5, 5.41) is 1.77. The van der Waals surface area contributed by atoms with Crippen LogP contribution in [0.5, 0.6) is 0 Å². The van der Waals surface area contributed by atoms with Crippen LogP contribution >= 0.6 is 11.3 Å². The first-order chi connectivity index (χ1) is 12.0. The van der Waals surface area contributed by atoms with E-state index in [-0.39, 0.29) is 5.91 Å². The number of anilines is 1. The summed E-state index contributed by atoms with van der Waals surface area (Å²) in [5.41, 5.74) is 0.523. The van der Waals surface area contributed by atoms with Crippen molar-refractivity contribution in [1.29, 1.82) is 0 Å². The molecule has 2 aliphatic heterocycles. The fourth-order valence-electron chi connectivity index (χ4n) is 3.83. The lowest BCUT2D eigenvalue weighted by Crippen LogP contribution is -2.46. The van der Waals surface area contributed by atoms with Crippen molar-refractivity contribution in [1.82, 2.24) is 4.31 Å². The number of para-hydroxylation sites is 1. The van der Waals surface area contributed by atoms with Crippen molar-refractivity contribution in [2.45, 2.75) is 23.5 Å². The number of nitrogens with zero attached hydrogens (tertiary/aromatic N) is 2. The van der Waals surface area contributed by atoms with Crippen LogP contribution < -0.4 is 4.90 Å². The van der Waals surface area contributed by atoms with Gasteiger partial charge < -0.3 is 4.90 Å². The minimum Gasteiger partial charge on any atom is -0.312 e. The van der Waals surface area contributed by atoms with Gasteiger partial charge in [0, 0.05) is 25.3 Å². The second kappa shape index (κ2) is 6.23. The highest BCUT2D eigenvalue weighted by molar-refractivity contribution is 7.91. The van der Waals surface area contributed by atoms with E-state index in [1.807, 2.05) is 35.2 Å². The Hall–Kier alpha value is -1.70. The first kappa shape index (κ1) is 16.8. The van der Waals surface area contributed by atoms with Gasteiger partial charge in [-0.25, -0.2) is 8.42 Å². The zero-order valence-corrected chi connectivity index (χ0v) is 15.4. The molecule has 132 valence electrons. The molecule has 0 radical (unpaired) electrons.